The second-order valence-electron chi connectivity index (χ2n) is 6.15. The number of likely N-dealkylation sites (N-methyl/N-ethyl adjacent to an activating group) is 1. The quantitative estimate of drug-likeness (QED) is 0.319. The highest BCUT2D eigenvalue weighted by atomic mass is 127. The minimum absolute atomic E-state index is 0. The number of amides is 1. The van der Waals surface area contributed by atoms with Gasteiger partial charge in [0.05, 0.1) is 19.3 Å². The van der Waals surface area contributed by atoms with E-state index in [-0.39, 0.29) is 29.9 Å². The molecular weight excluding hydrogens is 433 g/mol. The largest absolute Gasteiger partial charge is 0.358 e. The Kier molecular flexibility index (Phi) is 9.79. The SMILES string of the molecule is CN=C(NCCn1cc(C)cn1)NC1CCN(CC(=O)NC)CC1.I. The Labute approximate surface area is 166 Å². The molecule has 0 saturated carbocycles. The van der Waals surface area contributed by atoms with Gasteiger partial charge in [-0.2, -0.15) is 5.10 Å². The van der Waals surface area contributed by atoms with Crippen molar-refractivity contribution in [3.05, 3.63) is 18.0 Å². The van der Waals surface area contributed by atoms with Gasteiger partial charge in [0.15, 0.2) is 5.96 Å². The maximum absolute atomic E-state index is 11.4. The number of nitrogens with zero attached hydrogens (tertiary/aromatic N) is 4. The van der Waals surface area contributed by atoms with Crippen LogP contribution >= 0.6 is 24.0 Å². The van der Waals surface area contributed by atoms with Gasteiger partial charge < -0.3 is 16.0 Å². The van der Waals surface area contributed by atoms with E-state index >= 15 is 0 Å². The van der Waals surface area contributed by atoms with Crippen LogP contribution in [0, 0.1) is 6.92 Å². The van der Waals surface area contributed by atoms with E-state index in [0.29, 0.717) is 12.6 Å². The number of halogens is 1. The topological polar surface area (TPSA) is 86.6 Å². The molecule has 8 nitrogen and oxygen atoms in total. The van der Waals surface area contributed by atoms with Crippen molar-refractivity contribution in [1.82, 2.24) is 30.6 Å². The van der Waals surface area contributed by atoms with E-state index in [1.54, 1.807) is 14.1 Å². The molecule has 1 aliphatic heterocycles. The van der Waals surface area contributed by atoms with Crippen molar-refractivity contribution in [1.29, 1.82) is 0 Å². The minimum atomic E-state index is 0. The molecule has 0 atom stereocenters. The summed E-state index contributed by atoms with van der Waals surface area (Å²) in [6, 6.07) is 0.393. The molecule has 25 heavy (non-hydrogen) atoms. The summed E-state index contributed by atoms with van der Waals surface area (Å²) in [4.78, 5) is 17.9. The monoisotopic (exact) mass is 463 g/mol. The van der Waals surface area contributed by atoms with Crippen molar-refractivity contribution < 1.29 is 4.79 Å². The van der Waals surface area contributed by atoms with Crippen molar-refractivity contribution in [3.8, 4) is 0 Å². The predicted molar refractivity (Wildman–Crippen MR) is 110 cm³/mol. The van der Waals surface area contributed by atoms with Gasteiger partial charge in [-0.15, -0.1) is 24.0 Å². The Hall–Kier alpha value is -1.36. The van der Waals surface area contributed by atoms with E-state index in [1.165, 1.54) is 5.56 Å². The Morgan fingerprint density at radius 2 is 2.12 bits per heavy atom. The molecule has 0 bridgehead atoms. The molecule has 0 unspecified atom stereocenters. The minimum Gasteiger partial charge on any atom is -0.358 e. The van der Waals surface area contributed by atoms with Crippen LogP contribution in [0.25, 0.3) is 0 Å². The maximum Gasteiger partial charge on any atom is 0.233 e. The molecule has 1 amide bonds. The fourth-order valence-corrected chi connectivity index (χ4v) is 2.78. The van der Waals surface area contributed by atoms with E-state index in [9.17, 15) is 4.79 Å². The molecule has 0 aliphatic carbocycles. The van der Waals surface area contributed by atoms with E-state index in [0.717, 1.165) is 45.0 Å². The molecule has 0 aromatic carbocycles. The van der Waals surface area contributed by atoms with Gasteiger partial charge in [-0.05, 0) is 25.3 Å². The van der Waals surface area contributed by atoms with E-state index in [1.807, 2.05) is 24.0 Å². The molecule has 1 fully saturated rings. The molecule has 142 valence electrons. The van der Waals surface area contributed by atoms with Crippen molar-refractivity contribution >= 4 is 35.8 Å². The summed E-state index contributed by atoms with van der Waals surface area (Å²) in [5.41, 5.74) is 1.17. The summed E-state index contributed by atoms with van der Waals surface area (Å²) in [5.74, 6) is 0.899. The first kappa shape index (κ1) is 21.7. The number of guanidine groups is 1. The Morgan fingerprint density at radius 1 is 1.40 bits per heavy atom. The van der Waals surface area contributed by atoms with Crippen LogP contribution < -0.4 is 16.0 Å². The number of rotatable bonds is 6. The number of aliphatic imine (C=N–C) groups is 1. The fourth-order valence-electron chi connectivity index (χ4n) is 2.78. The van der Waals surface area contributed by atoms with Gasteiger partial charge in [0, 0.05) is 46.0 Å². The predicted octanol–water partition coefficient (Wildman–Crippen LogP) is 0.185. The number of likely N-dealkylation sites (tertiary alicyclic amines) is 1. The Bertz CT molecular complexity index is 552. The van der Waals surface area contributed by atoms with Crippen LogP contribution in [0.4, 0.5) is 0 Å². The van der Waals surface area contributed by atoms with E-state index in [4.69, 9.17) is 0 Å². The van der Waals surface area contributed by atoms with Crippen LogP contribution in [-0.2, 0) is 11.3 Å². The number of aryl methyl sites for hydroxylation is 1. The van der Waals surface area contributed by atoms with Gasteiger partial charge in [0.25, 0.3) is 0 Å². The number of nitrogens with one attached hydrogen (secondary N) is 3. The molecule has 1 aromatic heterocycles. The maximum atomic E-state index is 11.4. The van der Waals surface area contributed by atoms with Gasteiger partial charge in [0.1, 0.15) is 0 Å². The van der Waals surface area contributed by atoms with E-state index in [2.05, 4.69) is 30.9 Å². The standard InChI is InChI=1S/C16H29N7O.HI/c1-13-10-20-23(11-13)9-6-19-16(18-3)21-14-4-7-22(8-5-14)12-15(24)17-2;/h10-11,14H,4-9,12H2,1-3H3,(H,17,24)(H2,18,19,21);1H. The zero-order chi connectivity index (χ0) is 17.4. The zero-order valence-electron chi connectivity index (χ0n) is 15.3. The first-order chi connectivity index (χ1) is 11.6. The summed E-state index contributed by atoms with van der Waals surface area (Å²) < 4.78 is 1.92. The van der Waals surface area contributed by atoms with Crippen molar-refractivity contribution in [2.45, 2.75) is 32.4 Å². The average molecular weight is 463 g/mol. The summed E-state index contributed by atoms with van der Waals surface area (Å²) in [5, 5.41) is 13.7. The lowest BCUT2D eigenvalue weighted by molar-refractivity contribution is -0.122. The van der Waals surface area contributed by atoms with Crippen molar-refractivity contribution in [3.63, 3.8) is 0 Å². The van der Waals surface area contributed by atoms with Crippen LogP contribution in [0.5, 0.6) is 0 Å². The smallest absolute Gasteiger partial charge is 0.233 e. The summed E-state index contributed by atoms with van der Waals surface area (Å²) >= 11 is 0. The van der Waals surface area contributed by atoms with Gasteiger partial charge in [0.2, 0.25) is 5.91 Å². The summed E-state index contributed by atoms with van der Waals surface area (Å²) in [6.45, 7) is 5.95. The molecule has 1 aromatic rings. The highest BCUT2D eigenvalue weighted by molar-refractivity contribution is 14.0. The third-order valence-electron chi connectivity index (χ3n) is 4.19. The normalized spacial score (nSPS) is 16.2. The highest BCUT2D eigenvalue weighted by Crippen LogP contribution is 2.09. The van der Waals surface area contributed by atoms with E-state index < -0.39 is 0 Å². The van der Waals surface area contributed by atoms with Crippen molar-refractivity contribution in [2.24, 2.45) is 4.99 Å². The molecule has 2 heterocycles. The lowest BCUT2D eigenvalue weighted by Crippen LogP contribution is -2.50. The van der Waals surface area contributed by atoms with Crippen LogP contribution in [0.2, 0.25) is 0 Å². The molecule has 2 rings (SSSR count). The number of carbonyl (C=O) groups is 1. The Morgan fingerprint density at radius 3 is 2.68 bits per heavy atom. The third-order valence-corrected chi connectivity index (χ3v) is 4.19. The van der Waals surface area contributed by atoms with Crippen LogP contribution in [-0.4, -0.2) is 72.9 Å². The van der Waals surface area contributed by atoms with Gasteiger partial charge >= 0.3 is 0 Å². The van der Waals surface area contributed by atoms with Crippen LogP contribution in [0.15, 0.2) is 17.4 Å². The molecule has 3 N–H and O–H groups in total. The van der Waals surface area contributed by atoms with Crippen LogP contribution in [0.3, 0.4) is 0 Å². The lowest BCUT2D eigenvalue weighted by Gasteiger charge is -2.32. The number of carbonyl (C=O) groups excluding carboxylic acids is 1. The van der Waals surface area contributed by atoms with Gasteiger partial charge in [-0.3, -0.25) is 19.4 Å². The average Bonchev–Trinajstić information content (AvgIpc) is 3.00. The summed E-state index contributed by atoms with van der Waals surface area (Å²) in [7, 11) is 3.46. The number of piperidine rings is 1. The second kappa shape index (κ2) is 11.3. The number of hydrogen-bond acceptors (Lipinski definition) is 4. The third kappa shape index (κ3) is 7.59. The van der Waals surface area contributed by atoms with Gasteiger partial charge in [-0.1, -0.05) is 0 Å². The molecule has 9 heteroatoms. The lowest BCUT2D eigenvalue weighted by atomic mass is 10.1. The molecule has 1 aliphatic rings. The number of hydrogen-bond donors (Lipinski definition) is 3. The van der Waals surface area contributed by atoms with Gasteiger partial charge in [-0.25, -0.2) is 0 Å². The highest BCUT2D eigenvalue weighted by Gasteiger charge is 2.21. The molecular formula is C16H30IN7O. The number of aromatic nitrogens is 2. The second-order valence-corrected chi connectivity index (χ2v) is 6.15. The Balaban J connectivity index is 0.00000312. The first-order valence-corrected chi connectivity index (χ1v) is 8.50. The molecule has 1 saturated heterocycles. The van der Waals surface area contributed by atoms with Crippen molar-refractivity contribution in [2.75, 3.05) is 40.3 Å². The fraction of sp³-hybridized carbons (Fsp3) is 0.688. The zero-order valence-corrected chi connectivity index (χ0v) is 17.6. The molecule has 0 radical (unpaired) electrons. The summed E-state index contributed by atoms with van der Waals surface area (Å²) in [6.07, 6.45) is 5.91. The first-order valence-electron chi connectivity index (χ1n) is 8.50. The molecule has 0 spiro atoms. The van der Waals surface area contributed by atoms with Crippen LogP contribution in [0.1, 0.15) is 18.4 Å².